The summed E-state index contributed by atoms with van der Waals surface area (Å²) in [6.45, 7) is 2.33. The first-order valence-corrected chi connectivity index (χ1v) is 6.70. The lowest BCUT2D eigenvalue weighted by Gasteiger charge is -2.33. The van der Waals surface area contributed by atoms with Crippen LogP contribution in [0.5, 0.6) is 5.75 Å². The number of methoxy groups -OCH3 is 1. The Hall–Kier alpha value is -1.13. The maximum atomic E-state index is 5.77. The van der Waals surface area contributed by atoms with Crippen LogP contribution in [-0.2, 0) is 0 Å². The lowest BCUT2D eigenvalue weighted by molar-refractivity contribution is 0.229. The minimum Gasteiger partial charge on any atom is -0.495 e. The number of nitrogens with zero attached hydrogens (tertiary/aromatic N) is 1. The number of nitrogens with two attached hydrogens (primary N) is 1. The van der Waals surface area contributed by atoms with E-state index in [0.717, 1.165) is 17.2 Å². The van der Waals surface area contributed by atoms with Gasteiger partial charge in [0.15, 0.2) is 0 Å². The van der Waals surface area contributed by atoms with Gasteiger partial charge in [-0.3, -0.25) is 16.3 Å². The van der Waals surface area contributed by atoms with E-state index < -0.39 is 0 Å². The van der Waals surface area contributed by atoms with Gasteiger partial charge in [0, 0.05) is 11.8 Å². The molecule has 2 rings (SSSR count). The highest BCUT2D eigenvalue weighted by atomic mass is 16.5. The summed E-state index contributed by atoms with van der Waals surface area (Å²) in [6.07, 6.45) is 8.58. The van der Waals surface area contributed by atoms with Crippen molar-refractivity contribution in [1.82, 2.24) is 10.4 Å². The van der Waals surface area contributed by atoms with Gasteiger partial charge in [0.2, 0.25) is 0 Å². The van der Waals surface area contributed by atoms with Crippen molar-refractivity contribution >= 4 is 0 Å². The molecular formula is C14H23N3O. The minimum absolute atomic E-state index is 0.162. The van der Waals surface area contributed by atoms with E-state index in [1.807, 2.05) is 6.07 Å². The summed E-state index contributed by atoms with van der Waals surface area (Å²) in [7, 11) is 1.68. The third-order valence-corrected chi connectivity index (χ3v) is 4.08. The third-order valence-electron chi connectivity index (χ3n) is 4.08. The first-order chi connectivity index (χ1) is 8.76. The molecular weight excluding hydrogens is 226 g/mol. The molecule has 4 nitrogen and oxygen atoms in total. The van der Waals surface area contributed by atoms with Crippen LogP contribution in [0.3, 0.4) is 0 Å². The Morgan fingerprint density at radius 3 is 2.72 bits per heavy atom. The van der Waals surface area contributed by atoms with Crippen LogP contribution in [0.2, 0.25) is 0 Å². The van der Waals surface area contributed by atoms with Crippen LogP contribution >= 0.6 is 0 Å². The van der Waals surface area contributed by atoms with Crippen LogP contribution < -0.4 is 16.0 Å². The first kappa shape index (κ1) is 13.3. The van der Waals surface area contributed by atoms with Gasteiger partial charge in [-0.25, -0.2) is 0 Å². The van der Waals surface area contributed by atoms with Crippen molar-refractivity contribution in [3.63, 3.8) is 0 Å². The van der Waals surface area contributed by atoms with Gasteiger partial charge in [-0.15, -0.1) is 0 Å². The summed E-state index contributed by atoms with van der Waals surface area (Å²) in [5.74, 6) is 8.02. The highest BCUT2D eigenvalue weighted by molar-refractivity contribution is 5.33. The van der Waals surface area contributed by atoms with Gasteiger partial charge in [-0.2, -0.15) is 0 Å². The Labute approximate surface area is 109 Å². The molecule has 0 bridgehead atoms. The van der Waals surface area contributed by atoms with Gasteiger partial charge in [0.05, 0.1) is 19.3 Å². The molecule has 0 radical (unpaired) electrons. The fourth-order valence-electron chi connectivity index (χ4n) is 2.92. The number of hydrogen-bond acceptors (Lipinski definition) is 4. The van der Waals surface area contributed by atoms with E-state index in [9.17, 15) is 0 Å². The quantitative estimate of drug-likeness (QED) is 0.635. The Kier molecular flexibility index (Phi) is 4.55. The van der Waals surface area contributed by atoms with E-state index in [1.54, 1.807) is 19.5 Å². The van der Waals surface area contributed by atoms with Crippen molar-refractivity contribution in [1.29, 1.82) is 0 Å². The summed E-state index contributed by atoms with van der Waals surface area (Å²) in [6, 6.07) is 2.16. The van der Waals surface area contributed by atoms with Gasteiger partial charge >= 0.3 is 0 Å². The summed E-state index contributed by atoms with van der Waals surface area (Å²) in [5, 5.41) is 0. The minimum atomic E-state index is 0.162. The summed E-state index contributed by atoms with van der Waals surface area (Å²) < 4.78 is 5.38. The molecule has 1 aliphatic carbocycles. The molecule has 0 spiro atoms. The van der Waals surface area contributed by atoms with Crippen molar-refractivity contribution in [2.75, 3.05) is 7.11 Å². The molecule has 1 fully saturated rings. The van der Waals surface area contributed by atoms with E-state index in [-0.39, 0.29) is 6.04 Å². The number of hydrazine groups is 1. The molecule has 4 heteroatoms. The molecule has 1 atom stereocenters. The molecule has 3 N–H and O–H groups in total. The number of nitrogens with one attached hydrogen (secondary N) is 1. The molecule has 100 valence electrons. The zero-order chi connectivity index (χ0) is 13.0. The highest BCUT2D eigenvalue weighted by Crippen LogP contribution is 2.38. The largest absolute Gasteiger partial charge is 0.495 e. The lowest BCUT2D eigenvalue weighted by Crippen LogP contribution is -2.35. The highest BCUT2D eigenvalue weighted by Gasteiger charge is 2.28. The maximum absolute atomic E-state index is 5.77. The van der Waals surface area contributed by atoms with Crippen molar-refractivity contribution in [3.8, 4) is 5.75 Å². The van der Waals surface area contributed by atoms with Crippen LogP contribution in [0.15, 0.2) is 18.5 Å². The van der Waals surface area contributed by atoms with Crippen molar-refractivity contribution in [2.24, 2.45) is 17.7 Å². The summed E-state index contributed by atoms with van der Waals surface area (Å²) in [4.78, 5) is 4.10. The average Bonchev–Trinajstić information content (AvgIpc) is 2.42. The van der Waals surface area contributed by atoms with Gasteiger partial charge in [0.25, 0.3) is 0 Å². The number of pyridine rings is 1. The lowest BCUT2D eigenvalue weighted by atomic mass is 9.77. The molecule has 0 amide bonds. The van der Waals surface area contributed by atoms with E-state index in [0.29, 0.717) is 5.92 Å². The Morgan fingerprint density at radius 2 is 2.11 bits per heavy atom. The van der Waals surface area contributed by atoms with Gasteiger partial charge < -0.3 is 4.74 Å². The monoisotopic (exact) mass is 249 g/mol. The molecule has 0 aromatic carbocycles. The van der Waals surface area contributed by atoms with Crippen molar-refractivity contribution in [3.05, 3.63) is 24.0 Å². The fraction of sp³-hybridized carbons (Fsp3) is 0.643. The molecule has 1 aromatic heterocycles. The second kappa shape index (κ2) is 6.16. The zero-order valence-electron chi connectivity index (χ0n) is 11.2. The second-order valence-electron chi connectivity index (χ2n) is 5.28. The molecule has 1 saturated carbocycles. The van der Waals surface area contributed by atoms with Crippen LogP contribution in [0.25, 0.3) is 0 Å². The number of ether oxygens (including phenoxy) is 1. The molecule has 1 aromatic rings. The second-order valence-corrected chi connectivity index (χ2v) is 5.28. The Bertz CT molecular complexity index is 375. The summed E-state index contributed by atoms with van der Waals surface area (Å²) in [5.41, 5.74) is 4.09. The van der Waals surface area contributed by atoms with E-state index in [4.69, 9.17) is 10.6 Å². The topological polar surface area (TPSA) is 60.2 Å². The van der Waals surface area contributed by atoms with E-state index in [2.05, 4.69) is 17.3 Å². The predicted octanol–water partition coefficient (Wildman–Crippen LogP) is 2.42. The normalized spacial score (nSPS) is 25.7. The van der Waals surface area contributed by atoms with Gasteiger partial charge in [0.1, 0.15) is 5.75 Å². The van der Waals surface area contributed by atoms with Crippen LogP contribution in [-0.4, -0.2) is 12.1 Å². The smallest absolute Gasteiger partial charge is 0.141 e. The molecule has 18 heavy (non-hydrogen) atoms. The summed E-state index contributed by atoms with van der Waals surface area (Å²) >= 11 is 0. The average molecular weight is 249 g/mol. The number of rotatable bonds is 4. The number of hydrogen-bond donors (Lipinski definition) is 2. The molecule has 1 heterocycles. The predicted molar refractivity (Wildman–Crippen MR) is 72.0 cm³/mol. The zero-order valence-corrected chi connectivity index (χ0v) is 11.2. The Morgan fingerprint density at radius 1 is 1.39 bits per heavy atom. The third kappa shape index (κ3) is 2.82. The fourth-order valence-corrected chi connectivity index (χ4v) is 2.92. The number of aromatic nitrogens is 1. The maximum Gasteiger partial charge on any atom is 0.141 e. The van der Waals surface area contributed by atoms with Gasteiger partial charge in [-0.05, 0) is 30.7 Å². The van der Waals surface area contributed by atoms with Gasteiger partial charge in [-0.1, -0.05) is 19.8 Å². The molecule has 1 unspecified atom stereocenters. The van der Waals surface area contributed by atoms with Crippen LogP contribution in [0.1, 0.15) is 44.2 Å². The van der Waals surface area contributed by atoms with Crippen molar-refractivity contribution < 1.29 is 4.74 Å². The van der Waals surface area contributed by atoms with E-state index >= 15 is 0 Å². The first-order valence-electron chi connectivity index (χ1n) is 6.70. The van der Waals surface area contributed by atoms with Crippen LogP contribution in [0.4, 0.5) is 0 Å². The van der Waals surface area contributed by atoms with Crippen molar-refractivity contribution in [2.45, 2.75) is 38.6 Å². The Balaban J connectivity index is 2.17. The molecule has 0 aliphatic heterocycles. The van der Waals surface area contributed by atoms with Crippen LogP contribution in [0, 0.1) is 11.8 Å². The van der Waals surface area contributed by atoms with E-state index in [1.165, 1.54) is 25.7 Å². The molecule has 1 aliphatic rings. The molecule has 0 saturated heterocycles. The SMILES string of the molecule is COc1cnccc1C(NN)C1CCC(C)CC1. The standard InChI is InChI=1S/C14H23N3O/c1-10-3-5-11(6-4-10)14(17-15)12-7-8-16-9-13(12)18-2/h7-11,14,17H,3-6,15H2,1-2H3.